The van der Waals surface area contributed by atoms with Crippen molar-refractivity contribution in [1.29, 1.82) is 0 Å². The average molecular weight is 296 g/mol. The highest BCUT2D eigenvalue weighted by atomic mass is 35.5. The Bertz CT molecular complexity index is 500. The largest absolute Gasteiger partial charge is 0.469 e. The molecule has 0 heterocycles. The van der Waals surface area contributed by atoms with Crippen LogP contribution in [0.1, 0.15) is 18.9 Å². The van der Waals surface area contributed by atoms with Gasteiger partial charge in [-0.1, -0.05) is 29.8 Å². The van der Waals surface area contributed by atoms with Crippen molar-refractivity contribution >= 4 is 29.6 Å². The minimum absolute atomic E-state index is 0.156. The summed E-state index contributed by atoms with van der Waals surface area (Å²) in [4.78, 5) is 24.7. The highest BCUT2D eigenvalue weighted by Gasteiger charge is 2.10. The van der Waals surface area contributed by atoms with Crippen LogP contribution in [-0.2, 0) is 14.3 Å². The molecule has 0 aliphatic rings. The molecular formula is C15H18ClNO3. The van der Waals surface area contributed by atoms with Gasteiger partial charge in [-0.2, -0.15) is 0 Å². The number of ether oxygens (including phenoxy) is 1. The van der Waals surface area contributed by atoms with Gasteiger partial charge >= 0.3 is 5.97 Å². The Morgan fingerprint density at radius 1 is 1.35 bits per heavy atom. The monoisotopic (exact) mass is 295 g/mol. The number of methoxy groups -OCH3 is 1. The smallest absolute Gasteiger partial charge is 0.307 e. The molecule has 1 aromatic rings. The minimum atomic E-state index is -0.327. The van der Waals surface area contributed by atoms with Crippen molar-refractivity contribution in [2.75, 3.05) is 20.2 Å². The molecule has 1 rings (SSSR count). The van der Waals surface area contributed by atoms with Gasteiger partial charge in [0, 0.05) is 24.2 Å². The third-order valence-corrected chi connectivity index (χ3v) is 3.16. The van der Waals surface area contributed by atoms with Gasteiger partial charge in [0.15, 0.2) is 0 Å². The maximum Gasteiger partial charge on any atom is 0.307 e. The fourth-order valence-corrected chi connectivity index (χ4v) is 1.83. The first-order valence-corrected chi connectivity index (χ1v) is 6.74. The molecule has 0 N–H and O–H groups in total. The summed E-state index contributed by atoms with van der Waals surface area (Å²) < 4.78 is 4.56. The number of carbonyl (C=O) groups is 2. The lowest BCUT2D eigenvalue weighted by atomic mass is 10.2. The molecule has 0 fully saturated rings. The van der Waals surface area contributed by atoms with Crippen LogP contribution in [0.25, 0.3) is 6.08 Å². The SMILES string of the molecule is CCN(CCC(=O)OC)C(=O)/C=C/c1ccccc1Cl. The zero-order valence-electron chi connectivity index (χ0n) is 11.6. The van der Waals surface area contributed by atoms with Crippen molar-refractivity contribution in [2.45, 2.75) is 13.3 Å². The third kappa shape index (κ3) is 5.05. The van der Waals surface area contributed by atoms with Crippen LogP contribution in [0, 0.1) is 0 Å². The highest BCUT2D eigenvalue weighted by Crippen LogP contribution is 2.16. The van der Waals surface area contributed by atoms with Crippen LogP contribution < -0.4 is 0 Å². The van der Waals surface area contributed by atoms with Crippen molar-refractivity contribution in [3.8, 4) is 0 Å². The summed E-state index contributed by atoms with van der Waals surface area (Å²) in [7, 11) is 1.33. The maximum absolute atomic E-state index is 12.0. The van der Waals surface area contributed by atoms with Crippen LogP contribution in [-0.4, -0.2) is 37.0 Å². The predicted molar refractivity (Wildman–Crippen MR) is 79.4 cm³/mol. The molecule has 20 heavy (non-hydrogen) atoms. The first-order valence-electron chi connectivity index (χ1n) is 6.36. The lowest BCUT2D eigenvalue weighted by molar-refractivity contribution is -0.141. The molecule has 4 nitrogen and oxygen atoms in total. The second kappa shape index (κ2) is 8.38. The van der Waals surface area contributed by atoms with Gasteiger partial charge in [0.05, 0.1) is 13.5 Å². The van der Waals surface area contributed by atoms with E-state index in [1.165, 1.54) is 13.2 Å². The number of hydrogen-bond acceptors (Lipinski definition) is 3. The van der Waals surface area contributed by atoms with Gasteiger partial charge in [0.1, 0.15) is 0 Å². The Kier molecular flexibility index (Phi) is 6.81. The molecule has 0 saturated heterocycles. The summed E-state index contributed by atoms with van der Waals surface area (Å²) >= 11 is 6.01. The third-order valence-electron chi connectivity index (χ3n) is 2.82. The van der Waals surface area contributed by atoms with Crippen LogP contribution in [0.2, 0.25) is 5.02 Å². The Morgan fingerprint density at radius 2 is 2.05 bits per heavy atom. The van der Waals surface area contributed by atoms with E-state index in [1.54, 1.807) is 17.0 Å². The van der Waals surface area contributed by atoms with Crippen LogP contribution in [0.4, 0.5) is 0 Å². The van der Waals surface area contributed by atoms with Crippen molar-refractivity contribution in [2.24, 2.45) is 0 Å². The molecule has 0 aromatic heterocycles. The lowest BCUT2D eigenvalue weighted by Gasteiger charge is -2.18. The molecule has 1 amide bonds. The number of esters is 1. The standard InChI is InChI=1S/C15H18ClNO3/c1-3-17(11-10-15(19)20-2)14(18)9-8-12-6-4-5-7-13(12)16/h4-9H,3,10-11H2,1-2H3/b9-8+. The molecule has 108 valence electrons. The predicted octanol–water partition coefficient (Wildman–Crippen LogP) is 2.76. The molecule has 0 aliphatic carbocycles. The van der Waals surface area contributed by atoms with E-state index < -0.39 is 0 Å². The van der Waals surface area contributed by atoms with E-state index in [1.807, 2.05) is 25.1 Å². The first-order chi connectivity index (χ1) is 9.58. The molecular weight excluding hydrogens is 278 g/mol. The highest BCUT2D eigenvalue weighted by molar-refractivity contribution is 6.32. The second-order valence-corrected chi connectivity index (χ2v) is 4.51. The quantitative estimate of drug-likeness (QED) is 0.599. The van der Waals surface area contributed by atoms with Crippen molar-refractivity contribution < 1.29 is 14.3 Å². The van der Waals surface area contributed by atoms with Gasteiger partial charge in [0.25, 0.3) is 0 Å². The van der Waals surface area contributed by atoms with E-state index in [4.69, 9.17) is 11.6 Å². The molecule has 1 aromatic carbocycles. The Balaban J connectivity index is 2.63. The van der Waals surface area contributed by atoms with Gasteiger partial charge in [-0.05, 0) is 24.6 Å². The molecule has 0 bridgehead atoms. The molecule has 0 atom stereocenters. The zero-order chi connectivity index (χ0) is 15.0. The van der Waals surface area contributed by atoms with Crippen LogP contribution >= 0.6 is 11.6 Å². The van der Waals surface area contributed by atoms with E-state index in [-0.39, 0.29) is 18.3 Å². The Morgan fingerprint density at radius 3 is 2.65 bits per heavy atom. The van der Waals surface area contributed by atoms with Gasteiger partial charge in [-0.25, -0.2) is 0 Å². The number of rotatable bonds is 6. The second-order valence-electron chi connectivity index (χ2n) is 4.10. The van der Waals surface area contributed by atoms with Crippen LogP contribution in [0.3, 0.4) is 0 Å². The van der Waals surface area contributed by atoms with Gasteiger partial charge in [-0.15, -0.1) is 0 Å². The summed E-state index contributed by atoms with van der Waals surface area (Å²) in [6.45, 7) is 2.73. The number of likely N-dealkylation sites (N-methyl/N-ethyl adjacent to an activating group) is 1. The molecule has 0 saturated carbocycles. The zero-order valence-corrected chi connectivity index (χ0v) is 12.4. The summed E-state index contributed by atoms with van der Waals surface area (Å²) in [6, 6.07) is 7.28. The summed E-state index contributed by atoms with van der Waals surface area (Å²) in [5, 5.41) is 0.592. The Labute approximate surface area is 124 Å². The fourth-order valence-electron chi connectivity index (χ4n) is 1.63. The molecule has 5 heteroatoms. The summed E-state index contributed by atoms with van der Waals surface area (Å²) in [5.74, 6) is -0.484. The van der Waals surface area contributed by atoms with E-state index in [9.17, 15) is 9.59 Å². The van der Waals surface area contributed by atoms with E-state index in [0.29, 0.717) is 18.1 Å². The molecule has 0 unspecified atom stereocenters. The summed E-state index contributed by atoms with van der Waals surface area (Å²) in [6.07, 6.45) is 3.32. The van der Waals surface area contributed by atoms with Gasteiger partial charge in [-0.3, -0.25) is 9.59 Å². The number of halogens is 1. The molecule has 0 aliphatic heterocycles. The van der Waals surface area contributed by atoms with Crippen LogP contribution in [0.5, 0.6) is 0 Å². The van der Waals surface area contributed by atoms with E-state index in [0.717, 1.165) is 5.56 Å². The summed E-state index contributed by atoms with van der Waals surface area (Å²) in [5.41, 5.74) is 0.784. The minimum Gasteiger partial charge on any atom is -0.469 e. The van der Waals surface area contributed by atoms with Crippen molar-refractivity contribution in [3.63, 3.8) is 0 Å². The molecule has 0 radical (unpaired) electrons. The number of hydrogen-bond donors (Lipinski definition) is 0. The molecule has 0 spiro atoms. The number of benzene rings is 1. The van der Waals surface area contributed by atoms with Crippen molar-refractivity contribution in [3.05, 3.63) is 40.9 Å². The van der Waals surface area contributed by atoms with Crippen LogP contribution in [0.15, 0.2) is 30.3 Å². The Hall–Kier alpha value is -1.81. The first kappa shape index (κ1) is 16.2. The van der Waals surface area contributed by atoms with E-state index in [2.05, 4.69) is 4.74 Å². The van der Waals surface area contributed by atoms with E-state index >= 15 is 0 Å². The average Bonchev–Trinajstić information content (AvgIpc) is 2.46. The van der Waals surface area contributed by atoms with Crippen molar-refractivity contribution in [1.82, 2.24) is 4.90 Å². The van der Waals surface area contributed by atoms with Gasteiger partial charge in [0.2, 0.25) is 5.91 Å². The number of nitrogens with zero attached hydrogens (tertiary/aromatic N) is 1. The normalized spacial score (nSPS) is 10.6. The lowest BCUT2D eigenvalue weighted by Crippen LogP contribution is -2.31. The van der Waals surface area contributed by atoms with Gasteiger partial charge < -0.3 is 9.64 Å². The number of amides is 1. The number of carbonyl (C=O) groups excluding carboxylic acids is 2. The maximum atomic E-state index is 12.0. The topological polar surface area (TPSA) is 46.6 Å². The fraction of sp³-hybridized carbons (Fsp3) is 0.333.